The molecule has 20 heavy (non-hydrogen) atoms. The second-order valence-electron chi connectivity index (χ2n) is 5.06. The van der Waals surface area contributed by atoms with E-state index in [0.717, 1.165) is 18.4 Å². The molecule has 0 spiro atoms. The molecular weight excluding hydrogens is 259 g/mol. The van der Waals surface area contributed by atoms with Crippen LogP contribution in [-0.4, -0.2) is 26.9 Å². The molecule has 1 atom stereocenters. The fourth-order valence-corrected chi connectivity index (χ4v) is 1.95. The van der Waals surface area contributed by atoms with Gasteiger partial charge in [0.05, 0.1) is 12.2 Å². The minimum atomic E-state index is -0.274. The highest BCUT2D eigenvalue weighted by atomic mass is 19.1. The molecule has 0 saturated heterocycles. The average Bonchev–Trinajstić information content (AvgIpc) is 3.11. The van der Waals surface area contributed by atoms with Gasteiger partial charge < -0.3 is 5.32 Å². The summed E-state index contributed by atoms with van der Waals surface area (Å²) in [6, 6.07) is 6.40. The zero-order chi connectivity index (χ0) is 14.1. The first-order chi connectivity index (χ1) is 9.63. The van der Waals surface area contributed by atoms with Gasteiger partial charge in [-0.2, -0.15) is 0 Å². The maximum absolute atomic E-state index is 12.9. The van der Waals surface area contributed by atoms with Crippen LogP contribution in [0.25, 0.3) is 0 Å². The zero-order valence-corrected chi connectivity index (χ0v) is 11.1. The predicted molar refractivity (Wildman–Crippen MR) is 70.7 cm³/mol. The summed E-state index contributed by atoms with van der Waals surface area (Å²) < 4.78 is 14.5. The Bertz CT molecular complexity index is 618. The van der Waals surface area contributed by atoms with E-state index in [9.17, 15) is 9.18 Å². The Hall–Kier alpha value is -2.24. The van der Waals surface area contributed by atoms with Crippen LogP contribution in [0.3, 0.4) is 0 Å². The van der Waals surface area contributed by atoms with Gasteiger partial charge in [0.25, 0.3) is 5.91 Å². The Kier molecular flexibility index (Phi) is 3.22. The summed E-state index contributed by atoms with van der Waals surface area (Å²) in [4.78, 5) is 11.8. The normalized spacial score (nSPS) is 15.9. The molecule has 1 saturated carbocycles. The molecule has 1 aromatic carbocycles. The molecule has 2 aromatic rings. The molecule has 1 aliphatic carbocycles. The van der Waals surface area contributed by atoms with Gasteiger partial charge in [-0.1, -0.05) is 17.3 Å². The third kappa shape index (κ3) is 2.68. The molecule has 1 aromatic heterocycles. The monoisotopic (exact) mass is 274 g/mol. The van der Waals surface area contributed by atoms with Crippen molar-refractivity contribution in [3.8, 4) is 0 Å². The van der Waals surface area contributed by atoms with E-state index >= 15 is 0 Å². The van der Waals surface area contributed by atoms with Gasteiger partial charge in [-0.05, 0) is 37.5 Å². The van der Waals surface area contributed by atoms with Crippen LogP contribution >= 0.6 is 0 Å². The van der Waals surface area contributed by atoms with Crippen LogP contribution in [-0.2, 0) is 0 Å². The lowest BCUT2D eigenvalue weighted by Crippen LogP contribution is -2.25. The molecule has 0 bridgehead atoms. The van der Waals surface area contributed by atoms with Gasteiger partial charge in [0, 0.05) is 6.04 Å². The van der Waals surface area contributed by atoms with Crippen molar-refractivity contribution >= 4 is 5.91 Å². The molecule has 0 radical (unpaired) electrons. The van der Waals surface area contributed by atoms with Crippen LogP contribution in [0.2, 0.25) is 0 Å². The zero-order valence-electron chi connectivity index (χ0n) is 11.1. The molecule has 1 heterocycles. The second kappa shape index (κ2) is 5.03. The predicted octanol–water partition coefficient (Wildman–Crippen LogP) is 1.92. The standard InChI is InChI=1S/C14H15FN4O/c1-9(10-2-4-11(15)5-3-10)19-8-13(17-18-19)14(20)16-12-6-7-12/h2-5,8-9,12H,6-7H2,1H3,(H,16,20)/t9-/m1/s1. The van der Waals surface area contributed by atoms with Crippen molar-refractivity contribution in [3.63, 3.8) is 0 Å². The van der Waals surface area contributed by atoms with Crippen LogP contribution in [0.15, 0.2) is 30.5 Å². The largest absolute Gasteiger partial charge is 0.348 e. The van der Waals surface area contributed by atoms with E-state index < -0.39 is 0 Å². The number of nitrogens with one attached hydrogen (secondary N) is 1. The third-order valence-electron chi connectivity index (χ3n) is 3.40. The van der Waals surface area contributed by atoms with Crippen LogP contribution in [0.5, 0.6) is 0 Å². The van der Waals surface area contributed by atoms with E-state index in [-0.39, 0.29) is 17.8 Å². The van der Waals surface area contributed by atoms with Crippen LogP contribution in [0, 0.1) is 5.82 Å². The number of nitrogens with zero attached hydrogens (tertiary/aromatic N) is 3. The second-order valence-corrected chi connectivity index (χ2v) is 5.06. The van der Waals surface area contributed by atoms with Crippen LogP contribution in [0.1, 0.15) is 41.9 Å². The summed E-state index contributed by atoms with van der Waals surface area (Å²) in [6.07, 6.45) is 3.68. The molecular formula is C14H15FN4O. The summed E-state index contributed by atoms with van der Waals surface area (Å²) in [6.45, 7) is 1.92. The summed E-state index contributed by atoms with van der Waals surface area (Å²) in [5, 5.41) is 10.7. The first kappa shape index (κ1) is 12.8. The smallest absolute Gasteiger partial charge is 0.273 e. The first-order valence-corrected chi connectivity index (χ1v) is 6.61. The SMILES string of the molecule is C[C@H](c1ccc(F)cc1)n1cc(C(=O)NC2CC2)nn1. The van der Waals surface area contributed by atoms with Gasteiger partial charge in [-0.15, -0.1) is 5.10 Å². The lowest BCUT2D eigenvalue weighted by Gasteiger charge is -2.11. The summed E-state index contributed by atoms with van der Waals surface area (Å²) in [7, 11) is 0. The number of carbonyl (C=O) groups is 1. The third-order valence-corrected chi connectivity index (χ3v) is 3.40. The minimum absolute atomic E-state index is 0.106. The highest BCUT2D eigenvalue weighted by molar-refractivity contribution is 5.92. The highest BCUT2D eigenvalue weighted by Gasteiger charge is 2.25. The summed E-state index contributed by atoms with van der Waals surface area (Å²) in [5.41, 5.74) is 1.22. The molecule has 0 unspecified atom stereocenters. The Labute approximate surface area is 115 Å². The number of rotatable bonds is 4. The van der Waals surface area contributed by atoms with Crippen molar-refractivity contribution in [3.05, 3.63) is 47.5 Å². The Morgan fingerprint density at radius 3 is 2.75 bits per heavy atom. The van der Waals surface area contributed by atoms with Crippen molar-refractivity contribution < 1.29 is 9.18 Å². The Morgan fingerprint density at radius 2 is 2.10 bits per heavy atom. The van der Waals surface area contributed by atoms with E-state index in [0.29, 0.717) is 11.7 Å². The fraction of sp³-hybridized carbons (Fsp3) is 0.357. The molecule has 6 heteroatoms. The molecule has 1 fully saturated rings. The van der Waals surface area contributed by atoms with Gasteiger partial charge in [0.15, 0.2) is 5.69 Å². The minimum Gasteiger partial charge on any atom is -0.348 e. The molecule has 1 amide bonds. The fourth-order valence-electron chi connectivity index (χ4n) is 1.95. The number of aromatic nitrogens is 3. The maximum atomic E-state index is 12.9. The van der Waals surface area contributed by atoms with Crippen molar-refractivity contribution in [1.29, 1.82) is 0 Å². The molecule has 3 rings (SSSR count). The van der Waals surface area contributed by atoms with E-state index in [1.807, 2.05) is 6.92 Å². The lowest BCUT2D eigenvalue weighted by molar-refractivity contribution is 0.0946. The quantitative estimate of drug-likeness (QED) is 0.926. The van der Waals surface area contributed by atoms with Gasteiger partial charge in [-0.25, -0.2) is 9.07 Å². The topological polar surface area (TPSA) is 59.8 Å². The van der Waals surface area contributed by atoms with Gasteiger partial charge in [0.2, 0.25) is 0 Å². The van der Waals surface area contributed by atoms with Crippen molar-refractivity contribution in [2.75, 3.05) is 0 Å². The lowest BCUT2D eigenvalue weighted by atomic mass is 10.1. The summed E-state index contributed by atoms with van der Waals surface area (Å²) in [5.74, 6) is -0.464. The maximum Gasteiger partial charge on any atom is 0.273 e. The molecule has 1 N–H and O–H groups in total. The first-order valence-electron chi connectivity index (χ1n) is 6.61. The van der Waals surface area contributed by atoms with Crippen molar-refractivity contribution in [2.45, 2.75) is 31.8 Å². The van der Waals surface area contributed by atoms with Crippen molar-refractivity contribution in [1.82, 2.24) is 20.3 Å². The molecule has 0 aliphatic heterocycles. The molecule has 5 nitrogen and oxygen atoms in total. The number of halogens is 1. The molecule has 1 aliphatic rings. The average molecular weight is 274 g/mol. The number of hydrogen-bond acceptors (Lipinski definition) is 3. The van der Waals surface area contributed by atoms with Gasteiger partial charge in [-0.3, -0.25) is 4.79 Å². The van der Waals surface area contributed by atoms with Crippen molar-refractivity contribution in [2.24, 2.45) is 0 Å². The number of amides is 1. The van der Waals surface area contributed by atoms with Crippen LogP contribution < -0.4 is 5.32 Å². The summed E-state index contributed by atoms with van der Waals surface area (Å²) >= 11 is 0. The number of hydrogen-bond donors (Lipinski definition) is 1. The van der Waals surface area contributed by atoms with E-state index in [4.69, 9.17) is 0 Å². The van der Waals surface area contributed by atoms with E-state index in [2.05, 4.69) is 15.6 Å². The Morgan fingerprint density at radius 1 is 1.40 bits per heavy atom. The molecule has 104 valence electrons. The Balaban J connectivity index is 1.74. The van der Waals surface area contributed by atoms with Gasteiger partial charge >= 0.3 is 0 Å². The van der Waals surface area contributed by atoms with Crippen LogP contribution in [0.4, 0.5) is 4.39 Å². The van der Waals surface area contributed by atoms with Gasteiger partial charge in [0.1, 0.15) is 5.82 Å². The highest BCUT2D eigenvalue weighted by Crippen LogP contribution is 2.20. The van der Waals surface area contributed by atoms with E-state index in [1.54, 1.807) is 23.0 Å². The number of benzene rings is 1. The number of carbonyl (C=O) groups excluding carboxylic acids is 1. The van der Waals surface area contributed by atoms with E-state index in [1.165, 1.54) is 12.1 Å².